The predicted octanol–water partition coefficient (Wildman–Crippen LogP) is 1.60. The molecule has 10 heteroatoms. The maximum atomic E-state index is 13.1. The van der Waals surface area contributed by atoms with Gasteiger partial charge in [-0.15, -0.1) is 0 Å². The van der Waals surface area contributed by atoms with Gasteiger partial charge in [0.05, 0.1) is 12.5 Å². The van der Waals surface area contributed by atoms with E-state index in [0.717, 1.165) is 22.3 Å². The summed E-state index contributed by atoms with van der Waals surface area (Å²) in [5.74, 6) is -1.86. The SMILES string of the molecule is O=C(O)CC(NC(=O)OCC1c2ccccc2-c2ccccc21)C(=O)N1CCN2C(=O)NCC2C1. The number of ether oxygens (including phenoxy) is 1. The van der Waals surface area contributed by atoms with E-state index in [1.165, 1.54) is 4.90 Å². The Labute approximate surface area is 201 Å². The van der Waals surface area contributed by atoms with E-state index in [1.54, 1.807) is 4.90 Å². The summed E-state index contributed by atoms with van der Waals surface area (Å²) in [4.78, 5) is 52.1. The molecule has 2 aromatic carbocycles. The summed E-state index contributed by atoms with van der Waals surface area (Å²) in [6, 6.07) is 14.3. The van der Waals surface area contributed by atoms with E-state index in [-0.39, 0.29) is 37.7 Å². The van der Waals surface area contributed by atoms with Gasteiger partial charge < -0.3 is 30.3 Å². The van der Waals surface area contributed by atoms with Gasteiger partial charge in [0, 0.05) is 32.1 Å². The molecule has 2 aromatic rings. The minimum atomic E-state index is -1.26. The van der Waals surface area contributed by atoms with Crippen molar-refractivity contribution in [2.45, 2.75) is 24.4 Å². The van der Waals surface area contributed by atoms with Crippen LogP contribution in [0.15, 0.2) is 48.5 Å². The molecule has 0 radical (unpaired) electrons. The standard InChI is InChI=1S/C25H26N4O6/c30-22(31)11-21(23(32)28-9-10-29-15(13-28)12-26-24(29)33)27-25(34)35-14-20-18-7-3-1-5-16(18)17-6-2-4-8-19(17)20/h1-8,15,20-21H,9-14H2,(H,26,33)(H,27,34)(H,30,31). The Hall–Kier alpha value is -4.08. The lowest BCUT2D eigenvalue weighted by Gasteiger charge is -2.37. The van der Waals surface area contributed by atoms with E-state index >= 15 is 0 Å². The summed E-state index contributed by atoms with van der Waals surface area (Å²) in [7, 11) is 0. The largest absolute Gasteiger partial charge is 0.481 e. The third-order valence-corrected chi connectivity index (χ3v) is 6.86. The van der Waals surface area contributed by atoms with Crippen LogP contribution in [0.2, 0.25) is 0 Å². The van der Waals surface area contributed by atoms with E-state index in [1.807, 2.05) is 48.5 Å². The maximum absolute atomic E-state index is 13.1. The number of hydrogen-bond donors (Lipinski definition) is 3. The Morgan fingerprint density at radius 2 is 1.71 bits per heavy atom. The molecular formula is C25H26N4O6. The Morgan fingerprint density at radius 1 is 1.06 bits per heavy atom. The lowest BCUT2D eigenvalue weighted by Crippen LogP contribution is -2.58. The predicted molar refractivity (Wildman–Crippen MR) is 125 cm³/mol. The third-order valence-electron chi connectivity index (χ3n) is 6.86. The average Bonchev–Trinajstić information content (AvgIpc) is 3.39. The number of urea groups is 1. The molecule has 0 bridgehead atoms. The highest BCUT2D eigenvalue weighted by Crippen LogP contribution is 2.44. The normalized spacial score (nSPS) is 19.3. The Morgan fingerprint density at radius 3 is 2.37 bits per heavy atom. The number of carboxylic acid groups (broad SMARTS) is 1. The molecule has 4 amide bonds. The highest BCUT2D eigenvalue weighted by Gasteiger charge is 2.39. The second kappa shape index (κ2) is 9.28. The van der Waals surface area contributed by atoms with Crippen molar-refractivity contribution in [2.75, 3.05) is 32.8 Å². The van der Waals surface area contributed by atoms with E-state index in [2.05, 4.69) is 10.6 Å². The second-order valence-corrected chi connectivity index (χ2v) is 8.94. The topological polar surface area (TPSA) is 128 Å². The second-order valence-electron chi connectivity index (χ2n) is 8.94. The zero-order valence-corrected chi connectivity index (χ0v) is 19.0. The van der Waals surface area contributed by atoms with Gasteiger partial charge in [0.15, 0.2) is 0 Å². The number of carbonyl (C=O) groups is 4. The van der Waals surface area contributed by atoms with E-state index in [4.69, 9.17) is 4.74 Å². The van der Waals surface area contributed by atoms with Crippen LogP contribution >= 0.6 is 0 Å². The molecule has 2 aliphatic heterocycles. The zero-order valence-electron chi connectivity index (χ0n) is 19.0. The highest BCUT2D eigenvalue weighted by atomic mass is 16.5. The quantitative estimate of drug-likeness (QED) is 0.579. The fraction of sp³-hybridized carbons (Fsp3) is 0.360. The first kappa shape index (κ1) is 22.7. The third kappa shape index (κ3) is 4.39. The van der Waals surface area contributed by atoms with Crippen LogP contribution in [0.4, 0.5) is 9.59 Å². The number of carboxylic acids is 1. The van der Waals surface area contributed by atoms with E-state index in [0.29, 0.717) is 13.1 Å². The molecule has 2 fully saturated rings. The number of aliphatic carboxylic acids is 1. The van der Waals surface area contributed by atoms with E-state index < -0.39 is 30.4 Å². The molecule has 2 heterocycles. The van der Waals surface area contributed by atoms with Gasteiger partial charge >= 0.3 is 18.1 Å². The molecule has 5 rings (SSSR count). The van der Waals surface area contributed by atoms with Gasteiger partial charge in [-0.05, 0) is 22.3 Å². The molecule has 182 valence electrons. The molecule has 2 saturated heterocycles. The van der Waals surface area contributed by atoms with Crippen molar-refractivity contribution in [1.82, 2.24) is 20.4 Å². The number of hydrogen-bond acceptors (Lipinski definition) is 5. The molecule has 3 N–H and O–H groups in total. The number of carbonyl (C=O) groups excluding carboxylic acids is 3. The molecule has 0 saturated carbocycles. The number of piperazine rings is 1. The molecular weight excluding hydrogens is 452 g/mol. The molecule has 2 unspecified atom stereocenters. The molecule has 35 heavy (non-hydrogen) atoms. The van der Waals surface area contributed by atoms with Gasteiger partial charge in [0.2, 0.25) is 5.91 Å². The maximum Gasteiger partial charge on any atom is 0.407 e. The Bertz CT molecular complexity index is 1140. The van der Waals surface area contributed by atoms with Crippen molar-refractivity contribution in [2.24, 2.45) is 0 Å². The molecule has 1 aliphatic carbocycles. The van der Waals surface area contributed by atoms with Gasteiger partial charge in [-0.1, -0.05) is 48.5 Å². The fourth-order valence-corrected chi connectivity index (χ4v) is 5.18. The highest BCUT2D eigenvalue weighted by molar-refractivity contribution is 5.90. The number of fused-ring (bicyclic) bond motifs is 4. The summed E-state index contributed by atoms with van der Waals surface area (Å²) in [5.41, 5.74) is 4.29. The first-order chi connectivity index (χ1) is 16.9. The molecule has 0 aromatic heterocycles. The fourth-order valence-electron chi connectivity index (χ4n) is 5.18. The van der Waals surface area contributed by atoms with Gasteiger partial charge in [-0.3, -0.25) is 9.59 Å². The van der Waals surface area contributed by atoms with Crippen LogP contribution in [0.25, 0.3) is 11.1 Å². The van der Waals surface area contributed by atoms with Crippen molar-refractivity contribution < 1.29 is 29.0 Å². The summed E-state index contributed by atoms with van der Waals surface area (Å²) in [6.07, 6.45) is -1.41. The number of alkyl carbamates (subject to hydrolysis) is 1. The lowest BCUT2D eigenvalue weighted by molar-refractivity contribution is -0.143. The summed E-state index contributed by atoms with van der Waals surface area (Å²) < 4.78 is 5.50. The summed E-state index contributed by atoms with van der Waals surface area (Å²) in [5, 5.41) is 14.5. The van der Waals surface area contributed by atoms with Gasteiger partial charge in [0.25, 0.3) is 0 Å². The number of nitrogens with one attached hydrogen (secondary N) is 2. The number of benzene rings is 2. The molecule has 10 nitrogen and oxygen atoms in total. The van der Waals surface area contributed by atoms with Crippen LogP contribution in [-0.2, 0) is 14.3 Å². The van der Waals surface area contributed by atoms with Gasteiger partial charge in [-0.2, -0.15) is 0 Å². The van der Waals surface area contributed by atoms with Gasteiger partial charge in [0.1, 0.15) is 12.6 Å². The van der Waals surface area contributed by atoms with Crippen molar-refractivity contribution in [3.05, 3.63) is 59.7 Å². The molecule has 0 spiro atoms. The zero-order chi connectivity index (χ0) is 24.5. The lowest BCUT2D eigenvalue weighted by atomic mass is 9.98. The van der Waals surface area contributed by atoms with Crippen LogP contribution < -0.4 is 10.6 Å². The first-order valence-electron chi connectivity index (χ1n) is 11.6. The Kier molecular flexibility index (Phi) is 6.02. The minimum Gasteiger partial charge on any atom is -0.481 e. The Balaban J connectivity index is 1.24. The molecule has 2 atom stereocenters. The minimum absolute atomic E-state index is 0.0579. The summed E-state index contributed by atoms with van der Waals surface area (Å²) in [6.45, 7) is 1.38. The van der Waals surface area contributed by atoms with Crippen LogP contribution in [0.3, 0.4) is 0 Å². The van der Waals surface area contributed by atoms with Crippen molar-refractivity contribution in [1.29, 1.82) is 0 Å². The number of rotatable bonds is 6. The smallest absolute Gasteiger partial charge is 0.407 e. The van der Waals surface area contributed by atoms with Gasteiger partial charge in [-0.25, -0.2) is 9.59 Å². The van der Waals surface area contributed by atoms with Crippen molar-refractivity contribution in [3.63, 3.8) is 0 Å². The van der Waals surface area contributed by atoms with Crippen LogP contribution in [0.5, 0.6) is 0 Å². The summed E-state index contributed by atoms with van der Waals surface area (Å²) >= 11 is 0. The van der Waals surface area contributed by atoms with E-state index in [9.17, 15) is 24.3 Å². The monoisotopic (exact) mass is 478 g/mol. The van der Waals surface area contributed by atoms with Crippen LogP contribution in [-0.4, -0.2) is 83.8 Å². The van der Waals surface area contributed by atoms with Crippen LogP contribution in [0, 0.1) is 0 Å². The number of amides is 4. The van der Waals surface area contributed by atoms with Crippen molar-refractivity contribution in [3.8, 4) is 11.1 Å². The molecule has 3 aliphatic rings. The number of nitrogens with zero attached hydrogens (tertiary/aromatic N) is 2. The average molecular weight is 479 g/mol. The van der Waals surface area contributed by atoms with Crippen LogP contribution in [0.1, 0.15) is 23.5 Å². The first-order valence-corrected chi connectivity index (χ1v) is 11.6. The van der Waals surface area contributed by atoms with Crippen molar-refractivity contribution >= 4 is 24.0 Å².